The summed E-state index contributed by atoms with van der Waals surface area (Å²) < 4.78 is 0. The van der Waals surface area contributed by atoms with Gasteiger partial charge in [-0.25, -0.2) is 0 Å². The summed E-state index contributed by atoms with van der Waals surface area (Å²) in [5.74, 6) is 0.238. The van der Waals surface area contributed by atoms with E-state index in [0.717, 1.165) is 28.8 Å². The van der Waals surface area contributed by atoms with Gasteiger partial charge in [0, 0.05) is 19.5 Å². The highest BCUT2D eigenvalue weighted by molar-refractivity contribution is 5.98. The Balaban J connectivity index is 1.45. The zero-order valence-electron chi connectivity index (χ0n) is 18.7. The number of aromatic hydroxyl groups is 1. The minimum atomic E-state index is -0.514. The van der Waals surface area contributed by atoms with Crippen molar-refractivity contribution in [2.75, 3.05) is 18.4 Å². The van der Waals surface area contributed by atoms with E-state index in [4.69, 9.17) is 5.73 Å². The Bertz CT molecular complexity index is 1080. The van der Waals surface area contributed by atoms with Crippen molar-refractivity contribution in [3.63, 3.8) is 0 Å². The normalized spacial score (nSPS) is 14.1. The molecule has 0 radical (unpaired) electrons. The van der Waals surface area contributed by atoms with Crippen LogP contribution in [0.2, 0.25) is 0 Å². The summed E-state index contributed by atoms with van der Waals surface area (Å²) in [5.41, 5.74) is 11.8. The van der Waals surface area contributed by atoms with Crippen LogP contribution in [0.25, 0.3) is 0 Å². The standard InChI is InChI=1S/C25H31N5O2/c1-16-11-20(12-17(2)23(16)31)14-27-25-22(24(26)32)21(28-29-25)13-18-5-7-19(8-6-18)15-30-9-3-4-10-30/h5-8,11-12,31H,3-4,9-10,13-15H2,1-2H3,(H2,26,32)(H2,27,28,29). The molecule has 0 spiro atoms. The molecule has 1 fully saturated rings. The van der Waals surface area contributed by atoms with Gasteiger partial charge >= 0.3 is 0 Å². The van der Waals surface area contributed by atoms with Crippen LogP contribution in [0.1, 0.15) is 56.7 Å². The number of hydrogen-bond donors (Lipinski definition) is 4. The van der Waals surface area contributed by atoms with Gasteiger partial charge in [-0.05, 0) is 67.6 Å². The van der Waals surface area contributed by atoms with Gasteiger partial charge in [0.1, 0.15) is 11.3 Å². The monoisotopic (exact) mass is 433 g/mol. The predicted molar refractivity (Wildman–Crippen MR) is 126 cm³/mol. The van der Waals surface area contributed by atoms with Crippen LogP contribution in [0.4, 0.5) is 5.82 Å². The van der Waals surface area contributed by atoms with E-state index >= 15 is 0 Å². The number of benzene rings is 2. The number of likely N-dealkylation sites (tertiary alicyclic amines) is 1. The van der Waals surface area contributed by atoms with Gasteiger partial charge < -0.3 is 16.2 Å². The first-order chi connectivity index (χ1) is 15.4. The molecule has 1 aliphatic heterocycles. The van der Waals surface area contributed by atoms with Gasteiger partial charge in [0.05, 0.1) is 5.69 Å². The third kappa shape index (κ3) is 4.94. The number of nitrogens with two attached hydrogens (primary N) is 1. The molecule has 2 heterocycles. The van der Waals surface area contributed by atoms with Crippen LogP contribution >= 0.6 is 0 Å². The highest BCUT2D eigenvalue weighted by atomic mass is 16.3. The average molecular weight is 434 g/mol. The SMILES string of the molecule is Cc1cc(CNc2n[nH]c(Cc3ccc(CN4CCCC4)cc3)c2C(N)=O)cc(C)c1O. The number of H-pyrrole nitrogens is 1. The van der Waals surface area contributed by atoms with E-state index in [9.17, 15) is 9.90 Å². The lowest BCUT2D eigenvalue weighted by Crippen LogP contribution is -2.18. The maximum absolute atomic E-state index is 12.2. The highest BCUT2D eigenvalue weighted by Crippen LogP contribution is 2.25. The van der Waals surface area contributed by atoms with Gasteiger partial charge in [0.25, 0.3) is 5.91 Å². The average Bonchev–Trinajstić information content (AvgIpc) is 3.41. The van der Waals surface area contributed by atoms with Crippen molar-refractivity contribution in [2.45, 2.75) is 46.2 Å². The lowest BCUT2D eigenvalue weighted by molar-refractivity contribution is 0.100. The molecule has 1 saturated heterocycles. The number of aromatic amines is 1. The zero-order chi connectivity index (χ0) is 22.7. The minimum absolute atomic E-state index is 0.306. The number of hydrogen-bond acceptors (Lipinski definition) is 5. The van der Waals surface area contributed by atoms with E-state index in [0.29, 0.717) is 35.8 Å². The number of amides is 1. The number of aryl methyl sites for hydroxylation is 2. The fraction of sp³-hybridized carbons (Fsp3) is 0.360. The second kappa shape index (κ2) is 9.44. The van der Waals surface area contributed by atoms with Crippen molar-refractivity contribution in [2.24, 2.45) is 5.73 Å². The maximum atomic E-state index is 12.2. The number of carbonyl (C=O) groups is 1. The van der Waals surface area contributed by atoms with Gasteiger partial charge in [-0.15, -0.1) is 0 Å². The van der Waals surface area contributed by atoms with Gasteiger partial charge in [0.15, 0.2) is 5.82 Å². The Morgan fingerprint density at radius 2 is 1.72 bits per heavy atom. The molecule has 7 heteroatoms. The summed E-state index contributed by atoms with van der Waals surface area (Å²) in [6.45, 7) is 7.54. The molecule has 0 aliphatic carbocycles. The number of primary amides is 1. The van der Waals surface area contributed by atoms with Crippen LogP contribution < -0.4 is 11.1 Å². The van der Waals surface area contributed by atoms with E-state index in [2.05, 4.69) is 44.7 Å². The number of nitrogens with zero attached hydrogens (tertiary/aromatic N) is 2. The number of aromatic nitrogens is 2. The first kappa shape index (κ1) is 21.9. The van der Waals surface area contributed by atoms with Gasteiger partial charge in [-0.1, -0.05) is 36.4 Å². The second-order valence-corrected chi connectivity index (χ2v) is 8.70. The Morgan fingerprint density at radius 1 is 1.09 bits per heavy atom. The van der Waals surface area contributed by atoms with Gasteiger partial charge in [0.2, 0.25) is 0 Å². The molecule has 5 N–H and O–H groups in total. The van der Waals surface area contributed by atoms with E-state index in [1.54, 1.807) is 0 Å². The van der Waals surface area contributed by atoms with Crippen molar-refractivity contribution in [1.82, 2.24) is 15.1 Å². The second-order valence-electron chi connectivity index (χ2n) is 8.70. The van der Waals surface area contributed by atoms with E-state index in [1.807, 2.05) is 26.0 Å². The van der Waals surface area contributed by atoms with Crippen molar-refractivity contribution in [1.29, 1.82) is 0 Å². The van der Waals surface area contributed by atoms with Crippen LogP contribution in [-0.4, -0.2) is 39.2 Å². The summed E-state index contributed by atoms with van der Waals surface area (Å²) in [7, 11) is 0. The molecule has 4 rings (SSSR count). The third-order valence-electron chi connectivity index (χ3n) is 6.11. The van der Waals surface area contributed by atoms with E-state index < -0.39 is 5.91 Å². The Hall–Kier alpha value is -3.32. The molecule has 1 amide bonds. The smallest absolute Gasteiger partial charge is 0.254 e. The van der Waals surface area contributed by atoms with E-state index in [-0.39, 0.29) is 0 Å². The number of carbonyl (C=O) groups excluding carboxylic acids is 1. The molecule has 168 valence electrons. The number of nitrogens with one attached hydrogen (secondary N) is 2. The number of phenolic OH excluding ortho intramolecular Hbond substituents is 1. The lowest BCUT2D eigenvalue weighted by atomic mass is 10.0. The Labute approximate surface area is 188 Å². The molecule has 0 unspecified atom stereocenters. The molecule has 7 nitrogen and oxygen atoms in total. The molecule has 1 aromatic heterocycles. The van der Waals surface area contributed by atoms with Crippen molar-refractivity contribution in [3.8, 4) is 5.75 Å². The zero-order valence-corrected chi connectivity index (χ0v) is 18.7. The maximum Gasteiger partial charge on any atom is 0.254 e. The van der Waals surface area contributed by atoms with Crippen LogP contribution in [0.3, 0.4) is 0 Å². The number of rotatable bonds is 8. The topological polar surface area (TPSA) is 107 Å². The lowest BCUT2D eigenvalue weighted by Gasteiger charge is -2.14. The molecule has 32 heavy (non-hydrogen) atoms. The summed E-state index contributed by atoms with van der Waals surface area (Å²) in [4.78, 5) is 14.7. The molecule has 0 bridgehead atoms. The first-order valence-corrected chi connectivity index (χ1v) is 11.1. The van der Waals surface area contributed by atoms with Crippen molar-refractivity contribution >= 4 is 11.7 Å². The molecule has 0 saturated carbocycles. The number of anilines is 1. The van der Waals surface area contributed by atoms with Gasteiger partial charge in [-0.3, -0.25) is 14.8 Å². The number of phenols is 1. The summed E-state index contributed by atoms with van der Waals surface area (Å²) in [5, 5.41) is 20.5. The van der Waals surface area contributed by atoms with Crippen molar-refractivity contribution < 1.29 is 9.90 Å². The third-order valence-corrected chi connectivity index (χ3v) is 6.11. The summed E-state index contributed by atoms with van der Waals surface area (Å²) in [6.07, 6.45) is 3.13. The minimum Gasteiger partial charge on any atom is -0.507 e. The Kier molecular flexibility index (Phi) is 6.46. The molecule has 3 aromatic rings. The van der Waals surface area contributed by atoms with Crippen LogP contribution in [-0.2, 0) is 19.5 Å². The Morgan fingerprint density at radius 3 is 2.34 bits per heavy atom. The van der Waals surface area contributed by atoms with E-state index in [1.165, 1.54) is 31.5 Å². The van der Waals surface area contributed by atoms with Crippen LogP contribution in [0, 0.1) is 13.8 Å². The molecule has 2 aromatic carbocycles. The quantitative estimate of drug-likeness (QED) is 0.434. The van der Waals surface area contributed by atoms with Crippen molar-refractivity contribution in [3.05, 3.63) is 75.5 Å². The fourth-order valence-corrected chi connectivity index (χ4v) is 4.40. The predicted octanol–water partition coefficient (Wildman–Crippen LogP) is 3.63. The van der Waals surface area contributed by atoms with Gasteiger partial charge in [-0.2, -0.15) is 5.10 Å². The molecular formula is C25H31N5O2. The molecular weight excluding hydrogens is 402 g/mol. The van der Waals surface area contributed by atoms with Crippen LogP contribution in [0.5, 0.6) is 5.75 Å². The largest absolute Gasteiger partial charge is 0.507 e. The highest BCUT2D eigenvalue weighted by Gasteiger charge is 2.19. The molecule has 0 atom stereocenters. The first-order valence-electron chi connectivity index (χ1n) is 11.1. The molecule has 1 aliphatic rings. The fourth-order valence-electron chi connectivity index (χ4n) is 4.40. The summed E-state index contributed by atoms with van der Waals surface area (Å²) in [6, 6.07) is 12.3. The summed E-state index contributed by atoms with van der Waals surface area (Å²) >= 11 is 0. The van der Waals surface area contributed by atoms with Crippen LogP contribution in [0.15, 0.2) is 36.4 Å².